The molecule has 1 unspecified atom stereocenters. The molecule has 0 aliphatic heterocycles. The first kappa shape index (κ1) is 12.0. The highest BCUT2D eigenvalue weighted by Crippen LogP contribution is 2.14. The Balaban J connectivity index is 2.69. The minimum Gasteiger partial charge on any atom is -0.490 e. The van der Waals surface area contributed by atoms with Gasteiger partial charge in [-0.3, -0.25) is 0 Å². The monoisotopic (exact) mass is 221 g/mol. The van der Waals surface area contributed by atoms with Crippen molar-refractivity contribution in [2.45, 2.75) is 12.5 Å². The van der Waals surface area contributed by atoms with Gasteiger partial charge in [0.2, 0.25) is 0 Å². The average molecular weight is 221 g/mol. The highest BCUT2D eigenvalue weighted by molar-refractivity contribution is 5.76. The number of benzene rings is 1. The molecule has 5 heteroatoms. The number of carbonyl (C=O) groups is 1. The Bertz CT molecular complexity index is 434. The van der Waals surface area contributed by atoms with Gasteiger partial charge in [-0.25, -0.2) is 4.79 Å². The fourth-order valence-electron chi connectivity index (χ4n) is 0.941. The van der Waals surface area contributed by atoms with Crippen LogP contribution in [0.25, 0.3) is 0 Å². The van der Waals surface area contributed by atoms with Gasteiger partial charge in [0.25, 0.3) is 0 Å². The molecule has 16 heavy (non-hydrogen) atoms. The van der Waals surface area contributed by atoms with Gasteiger partial charge in [0, 0.05) is 0 Å². The number of hydrogen-bond donors (Lipinski definition) is 2. The predicted octanol–water partition coefficient (Wildman–Crippen LogP) is 0.773. The molecule has 0 amide bonds. The number of nitrogens with zero attached hydrogens (tertiary/aromatic N) is 1. The van der Waals surface area contributed by atoms with E-state index in [-0.39, 0.29) is 6.61 Å². The maximum Gasteiger partial charge on any atom is 0.339 e. The molecule has 1 aromatic carbocycles. The molecular formula is C11H11NO4. The van der Waals surface area contributed by atoms with Crippen molar-refractivity contribution in [3.63, 3.8) is 0 Å². The molecule has 0 bridgehead atoms. The van der Waals surface area contributed by atoms with Crippen molar-refractivity contribution < 1.29 is 19.7 Å². The summed E-state index contributed by atoms with van der Waals surface area (Å²) in [6.45, 7) is 0.765. The minimum absolute atomic E-state index is 0.348. The third kappa shape index (κ3) is 2.97. The first-order valence-corrected chi connectivity index (χ1v) is 4.54. The molecule has 0 fully saturated rings. The lowest BCUT2D eigenvalue weighted by atomic mass is 10.1. The van der Waals surface area contributed by atoms with E-state index in [1.165, 1.54) is 6.07 Å². The van der Waals surface area contributed by atoms with Crippen LogP contribution in [0.4, 0.5) is 0 Å². The van der Waals surface area contributed by atoms with E-state index >= 15 is 0 Å². The van der Waals surface area contributed by atoms with E-state index in [0.29, 0.717) is 11.3 Å². The van der Waals surface area contributed by atoms with E-state index in [2.05, 4.69) is 0 Å². The van der Waals surface area contributed by atoms with Crippen LogP contribution in [-0.2, 0) is 4.79 Å². The number of carboxylic acid groups (broad SMARTS) is 1. The second-order valence-corrected chi connectivity index (χ2v) is 3.51. The van der Waals surface area contributed by atoms with Crippen LogP contribution in [-0.4, -0.2) is 28.4 Å². The highest BCUT2D eigenvalue weighted by atomic mass is 16.5. The largest absolute Gasteiger partial charge is 0.490 e. The first-order chi connectivity index (χ1) is 7.45. The zero-order valence-electron chi connectivity index (χ0n) is 8.67. The van der Waals surface area contributed by atoms with Crippen LogP contribution < -0.4 is 4.74 Å². The second kappa shape index (κ2) is 4.64. The fourth-order valence-corrected chi connectivity index (χ4v) is 0.941. The Kier molecular flexibility index (Phi) is 3.48. The summed E-state index contributed by atoms with van der Waals surface area (Å²) in [6.07, 6.45) is 0. The normalized spacial score (nSPS) is 13.6. The van der Waals surface area contributed by atoms with Crippen LogP contribution in [0.3, 0.4) is 0 Å². The molecule has 1 atom stereocenters. The third-order valence-electron chi connectivity index (χ3n) is 1.94. The van der Waals surface area contributed by atoms with E-state index < -0.39 is 11.6 Å². The summed E-state index contributed by atoms with van der Waals surface area (Å²) in [4.78, 5) is 10.6. The van der Waals surface area contributed by atoms with Gasteiger partial charge in [0.15, 0.2) is 5.60 Å². The Hall–Kier alpha value is -2.06. The number of hydrogen-bond acceptors (Lipinski definition) is 4. The molecule has 0 spiro atoms. The van der Waals surface area contributed by atoms with Gasteiger partial charge in [-0.1, -0.05) is 6.07 Å². The van der Waals surface area contributed by atoms with Gasteiger partial charge in [0.1, 0.15) is 12.4 Å². The minimum atomic E-state index is -1.94. The standard InChI is InChI=1S/C11H11NO4/c1-11(15,10(13)14)7-16-9-4-2-3-8(5-9)6-12/h2-5,15H,7H2,1H3,(H,13,14). The number of ether oxygens (including phenoxy) is 1. The number of nitriles is 1. The van der Waals surface area contributed by atoms with Crippen molar-refractivity contribution >= 4 is 5.97 Å². The van der Waals surface area contributed by atoms with Gasteiger partial charge in [0.05, 0.1) is 11.6 Å². The summed E-state index contributed by atoms with van der Waals surface area (Å²) < 4.78 is 5.09. The lowest BCUT2D eigenvalue weighted by molar-refractivity contribution is -0.159. The molecular weight excluding hydrogens is 210 g/mol. The zero-order chi connectivity index (χ0) is 12.2. The number of carboxylic acids is 1. The molecule has 2 N–H and O–H groups in total. The summed E-state index contributed by atoms with van der Waals surface area (Å²) in [5.41, 5.74) is -1.53. The molecule has 1 rings (SSSR count). The predicted molar refractivity (Wildman–Crippen MR) is 54.9 cm³/mol. The van der Waals surface area contributed by atoms with Crippen LogP contribution in [0.15, 0.2) is 24.3 Å². The Labute approximate surface area is 92.5 Å². The summed E-state index contributed by atoms with van der Waals surface area (Å²) in [6, 6.07) is 8.19. The van der Waals surface area contributed by atoms with Gasteiger partial charge in [-0.05, 0) is 25.1 Å². The Morgan fingerprint density at radius 1 is 1.62 bits per heavy atom. The van der Waals surface area contributed by atoms with Gasteiger partial charge in [-0.2, -0.15) is 5.26 Å². The smallest absolute Gasteiger partial charge is 0.339 e. The van der Waals surface area contributed by atoms with Crippen molar-refractivity contribution in [1.82, 2.24) is 0 Å². The van der Waals surface area contributed by atoms with Crippen LogP contribution in [0.1, 0.15) is 12.5 Å². The topological polar surface area (TPSA) is 90.5 Å². The molecule has 0 saturated heterocycles. The third-order valence-corrected chi connectivity index (χ3v) is 1.94. The first-order valence-electron chi connectivity index (χ1n) is 4.54. The van der Waals surface area contributed by atoms with Gasteiger partial charge < -0.3 is 14.9 Å². The van der Waals surface area contributed by atoms with Crippen molar-refractivity contribution in [2.24, 2.45) is 0 Å². The summed E-state index contributed by atoms with van der Waals surface area (Å²) >= 11 is 0. The highest BCUT2D eigenvalue weighted by Gasteiger charge is 2.30. The van der Waals surface area contributed by atoms with E-state index in [0.717, 1.165) is 6.92 Å². The molecule has 0 saturated carbocycles. The number of rotatable bonds is 4. The quantitative estimate of drug-likeness (QED) is 0.783. The summed E-state index contributed by atoms with van der Waals surface area (Å²) in [7, 11) is 0. The molecule has 0 heterocycles. The Morgan fingerprint density at radius 2 is 2.31 bits per heavy atom. The van der Waals surface area contributed by atoms with Crippen molar-refractivity contribution in [1.29, 1.82) is 5.26 Å². The Morgan fingerprint density at radius 3 is 2.88 bits per heavy atom. The molecule has 1 aromatic rings. The molecule has 0 aliphatic carbocycles. The zero-order valence-corrected chi connectivity index (χ0v) is 8.67. The van der Waals surface area contributed by atoms with Crippen LogP contribution in [0, 0.1) is 11.3 Å². The van der Waals surface area contributed by atoms with Crippen LogP contribution in [0.5, 0.6) is 5.75 Å². The van der Waals surface area contributed by atoms with E-state index in [9.17, 15) is 9.90 Å². The van der Waals surface area contributed by atoms with Gasteiger partial charge in [-0.15, -0.1) is 0 Å². The van der Waals surface area contributed by atoms with E-state index in [4.69, 9.17) is 15.1 Å². The molecule has 0 aliphatic rings. The lowest BCUT2D eigenvalue weighted by Gasteiger charge is -2.18. The molecule has 0 aromatic heterocycles. The maximum absolute atomic E-state index is 10.6. The molecule has 5 nitrogen and oxygen atoms in total. The molecule has 0 radical (unpaired) electrons. The van der Waals surface area contributed by atoms with Crippen molar-refractivity contribution in [2.75, 3.05) is 6.61 Å². The van der Waals surface area contributed by atoms with E-state index in [1.54, 1.807) is 18.2 Å². The second-order valence-electron chi connectivity index (χ2n) is 3.51. The van der Waals surface area contributed by atoms with Crippen molar-refractivity contribution in [3.8, 4) is 11.8 Å². The maximum atomic E-state index is 10.6. The average Bonchev–Trinajstić information content (AvgIpc) is 2.26. The van der Waals surface area contributed by atoms with Gasteiger partial charge >= 0.3 is 5.97 Å². The molecule has 84 valence electrons. The summed E-state index contributed by atoms with van der Waals surface area (Å²) in [5.74, 6) is -1.01. The van der Waals surface area contributed by atoms with Crippen molar-refractivity contribution in [3.05, 3.63) is 29.8 Å². The number of aliphatic carboxylic acids is 1. The summed E-state index contributed by atoms with van der Waals surface area (Å²) in [5, 5.41) is 26.7. The van der Waals surface area contributed by atoms with E-state index in [1.807, 2.05) is 6.07 Å². The van der Waals surface area contributed by atoms with Crippen LogP contribution in [0.2, 0.25) is 0 Å². The lowest BCUT2D eigenvalue weighted by Crippen LogP contribution is -2.41. The SMILES string of the molecule is CC(O)(COc1cccc(C#N)c1)C(=O)O. The fraction of sp³-hybridized carbons (Fsp3) is 0.273. The number of aliphatic hydroxyl groups is 1. The van der Waals surface area contributed by atoms with Crippen LogP contribution >= 0.6 is 0 Å².